The minimum atomic E-state index is -4.38. The zero-order valence-electron chi connectivity index (χ0n) is 6.70. The van der Waals surface area contributed by atoms with Crippen LogP contribution in [0, 0.1) is 0 Å². The smallest absolute Gasteiger partial charge is 0.478 e. The molecular formula is C3H5AsCl3NaO5. The minimum absolute atomic E-state index is 0. The molecule has 5 nitrogen and oxygen atoms in total. The van der Waals surface area contributed by atoms with Crippen molar-refractivity contribution >= 4 is 54.9 Å². The van der Waals surface area contributed by atoms with Gasteiger partial charge in [0.2, 0.25) is 0 Å². The molecule has 74 valence electrons. The summed E-state index contributed by atoms with van der Waals surface area (Å²) in [4.78, 5) is 9.62. The van der Waals surface area contributed by atoms with E-state index in [9.17, 15) is 12.6 Å². The first-order chi connectivity index (χ1) is 4.94. The molecule has 0 fully saturated rings. The van der Waals surface area contributed by atoms with Gasteiger partial charge >= 0.3 is 67.3 Å². The van der Waals surface area contributed by atoms with Crippen LogP contribution in [0.3, 0.4) is 0 Å². The normalized spacial score (nSPS) is 14.3. The average molecular weight is 325 g/mol. The Hall–Kier alpha value is 1.62. The molecule has 0 aliphatic carbocycles. The van der Waals surface area contributed by atoms with Gasteiger partial charge < -0.3 is 5.11 Å². The molecule has 0 saturated carbocycles. The van der Waals surface area contributed by atoms with Crippen molar-refractivity contribution in [2.75, 3.05) is 0 Å². The summed E-state index contributed by atoms with van der Waals surface area (Å²) >= 11 is 10.0. The van der Waals surface area contributed by atoms with Crippen LogP contribution in [0.15, 0.2) is 0 Å². The van der Waals surface area contributed by atoms with Crippen LogP contribution in [0.1, 0.15) is 0 Å². The van der Waals surface area contributed by atoms with Crippen molar-refractivity contribution in [3.63, 3.8) is 0 Å². The quantitative estimate of drug-likeness (QED) is 0.361. The van der Waals surface area contributed by atoms with Crippen LogP contribution in [-0.4, -0.2) is 33.1 Å². The molecule has 0 saturated heterocycles. The Morgan fingerprint density at radius 3 is 1.54 bits per heavy atom. The van der Waals surface area contributed by atoms with Crippen molar-refractivity contribution < 1.29 is 51.4 Å². The fourth-order valence-corrected chi connectivity index (χ4v) is 0. The third kappa shape index (κ3) is 31.7. The van der Waals surface area contributed by atoms with Crippen LogP contribution in [0.2, 0.25) is 5.71 Å². The van der Waals surface area contributed by atoms with Crippen molar-refractivity contribution in [3.8, 4) is 0 Å². The zero-order chi connectivity index (χ0) is 10.6. The van der Waals surface area contributed by atoms with E-state index in [1.54, 1.807) is 0 Å². The minimum Gasteiger partial charge on any atom is -0.478 e. The Kier molecular flexibility index (Phi) is 12.1. The van der Waals surface area contributed by atoms with Crippen LogP contribution >= 0.6 is 34.8 Å². The van der Waals surface area contributed by atoms with Crippen LogP contribution in [-0.2, 0) is 8.53 Å². The second-order valence-corrected chi connectivity index (χ2v) is 7.26. The number of carbonyl (C=O) groups is 1. The Bertz CT molecular complexity index is 189. The summed E-state index contributed by atoms with van der Waals surface area (Å²) in [5, 5.41) is 7.85. The van der Waals surface area contributed by atoms with E-state index in [0.717, 1.165) is 5.71 Å². The maximum Gasteiger partial charge on any atom is 1.00 e. The maximum absolute atomic E-state index is 9.62. The van der Waals surface area contributed by atoms with Crippen molar-refractivity contribution in [2.45, 2.75) is 9.50 Å². The number of carboxylic acid groups (broad SMARTS) is 1. The molecule has 0 bridgehead atoms. The average Bonchev–Trinajstić information content (AvgIpc) is 1.55. The molecule has 10 heteroatoms. The summed E-state index contributed by atoms with van der Waals surface area (Å²) in [6.45, 7) is 0. The largest absolute Gasteiger partial charge is 1.00 e. The molecule has 1 unspecified atom stereocenters. The van der Waals surface area contributed by atoms with E-state index in [1.165, 1.54) is 0 Å². The first-order valence-electron chi connectivity index (χ1n) is 2.26. The van der Waals surface area contributed by atoms with E-state index in [1.807, 2.05) is 0 Å². The number of hydrogen-bond donors (Lipinski definition) is 2. The summed E-state index contributed by atoms with van der Waals surface area (Å²) in [5.74, 6) is -1.46. The van der Waals surface area contributed by atoms with Gasteiger partial charge in [0.1, 0.15) is 0 Å². The number of carboxylic acids is 1. The topological polar surface area (TPSA) is 97.7 Å². The van der Waals surface area contributed by atoms with Gasteiger partial charge in [0.15, 0.2) is 0 Å². The third-order valence-corrected chi connectivity index (χ3v) is 0.728. The van der Waals surface area contributed by atoms with Crippen LogP contribution < -0.4 is 33.7 Å². The fourth-order valence-electron chi connectivity index (χ4n) is 0. The standard InChI is InChI=1S/C2HCl3O2.CH5AsO3.Na/c3-2(4,5)1(6)7;1-2(3,4)5;/h(H,6,7);1H3,(H2,3,4,5);/q;;+1/p-1. The maximum atomic E-state index is 9.62. The monoisotopic (exact) mass is 324 g/mol. The van der Waals surface area contributed by atoms with Crippen molar-refractivity contribution in [1.29, 1.82) is 0 Å². The van der Waals surface area contributed by atoms with E-state index in [2.05, 4.69) is 0 Å². The summed E-state index contributed by atoms with van der Waals surface area (Å²) in [7, 11) is 0. The molecule has 0 spiro atoms. The SMILES string of the molecule is C[As](=O)([O-])O.O=C(O)C(Cl)(Cl)Cl.[Na+]. The van der Waals surface area contributed by atoms with E-state index < -0.39 is 23.9 Å². The van der Waals surface area contributed by atoms with Gasteiger partial charge in [-0.2, -0.15) is 0 Å². The molecule has 0 aliphatic rings. The number of rotatable bonds is 0. The number of hydrogen-bond acceptors (Lipinski definition) is 3. The van der Waals surface area contributed by atoms with Gasteiger partial charge in [0, 0.05) is 0 Å². The van der Waals surface area contributed by atoms with Gasteiger partial charge in [-0.3, -0.25) is 0 Å². The molecule has 13 heavy (non-hydrogen) atoms. The van der Waals surface area contributed by atoms with E-state index in [-0.39, 0.29) is 29.6 Å². The molecule has 0 aromatic carbocycles. The van der Waals surface area contributed by atoms with E-state index in [4.69, 9.17) is 44.0 Å². The Balaban J connectivity index is -0.000000150. The van der Waals surface area contributed by atoms with Gasteiger partial charge in [-0.05, 0) is 0 Å². The first-order valence-corrected chi connectivity index (χ1v) is 7.64. The van der Waals surface area contributed by atoms with Crippen LogP contribution in [0.4, 0.5) is 0 Å². The predicted octanol–water partition coefficient (Wildman–Crippen LogP) is -3.22. The molecule has 0 aromatic rings. The number of halogens is 3. The Morgan fingerprint density at radius 1 is 1.46 bits per heavy atom. The summed E-state index contributed by atoms with van der Waals surface area (Å²) in [5.41, 5.74) is 0.804. The summed E-state index contributed by atoms with van der Waals surface area (Å²) in [6.07, 6.45) is 0. The molecule has 0 radical (unpaired) electrons. The molecule has 0 aliphatic heterocycles. The Labute approximate surface area is 115 Å². The third-order valence-electron chi connectivity index (χ3n) is 0.243. The molecule has 0 aromatic heterocycles. The second-order valence-electron chi connectivity index (χ2n) is 1.61. The first kappa shape index (κ1) is 20.1. The van der Waals surface area contributed by atoms with Gasteiger partial charge in [0.25, 0.3) is 3.79 Å². The molecule has 1 atom stereocenters. The second kappa shape index (κ2) is 7.85. The van der Waals surface area contributed by atoms with Crippen LogP contribution in [0.5, 0.6) is 0 Å². The fraction of sp³-hybridized carbons (Fsp3) is 0.667. The molecule has 2 N–H and O–H groups in total. The Morgan fingerprint density at radius 2 is 1.54 bits per heavy atom. The van der Waals surface area contributed by atoms with Crippen LogP contribution in [0.25, 0.3) is 0 Å². The van der Waals surface area contributed by atoms with Gasteiger partial charge in [-0.25, -0.2) is 4.79 Å². The van der Waals surface area contributed by atoms with Crippen molar-refractivity contribution in [1.82, 2.24) is 0 Å². The number of alkyl halides is 3. The predicted molar refractivity (Wildman–Crippen MR) is 42.4 cm³/mol. The zero-order valence-corrected chi connectivity index (χ0v) is 12.8. The molecule has 0 rings (SSSR count). The summed E-state index contributed by atoms with van der Waals surface area (Å²) in [6, 6.07) is 0. The molecule has 0 heterocycles. The van der Waals surface area contributed by atoms with Crippen molar-refractivity contribution in [2.24, 2.45) is 0 Å². The van der Waals surface area contributed by atoms with Gasteiger partial charge in [-0.1, -0.05) is 34.8 Å². The van der Waals surface area contributed by atoms with Gasteiger partial charge in [-0.15, -0.1) is 0 Å². The van der Waals surface area contributed by atoms with Crippen molar-refractivity contribution in [3.05, 3.63) is 0 Å². The van der Waals surface area contributed by atoms with E-state index in [0.29, 0.717) is 0 Å². The van der Waals surface area contributed by atoms with E-state index >= 15 is 0 Å². The molecule has 0 amide bonds. The molecular weight excluding hydrogens is 320 g/mol. The van der Waals surface area contributed by atoms with Gasteiger partial charge in [0.05, 0.1) is 0 Å². The summed E-state index contributed by atoms with van der Waals surface area (Å²) < 4.78 is 24.0. The number of aliphatic carboxylic acids is 1.